The molecule has 7 heteroatoms. The first-order valence-electron chi connectivity index (χ1n) is 12.5. The van der Waals surface area contributed by atoms with Crippen LogP contribution in [0.1, 0.15) is 64.5 Å². The second-order valence-electron chi connectivity index (χ2n) is 10.7. The summed E-state index contributed by atoms with van der Waals surface area (Å²) in [6.45, 7) is 9.74. The van der Waals surface area contributed by atoms with E-state index in [9.17, 15) is 9.59 Å². The lowest BCUT2D eigenvalue weighted by Gasteiger charge is -2.37. The fourth-order valence-corrected chi connectivity index (χ4v) is 5.75. The molecule has 5 rings (SSSR count). The second kappa shape index (κ2) is 8.93. The number of hydrazone groups is 1. The molecule has 1 aliphatic carbocycles. The normalized spacial score (nSPS) is 23.9. The number of aromatic nitrogens is 1. The van der Waals surface area contributed by atoms with Gasteiger partial charge in [-0.05, 0) is 55.7 Å². The SMILES string of the molecule is C=CN(C(=O)CCN1CCCCC1=O)c1ccc2cc(C3=NNC4CC(C)(C)CCC34)[nH]c2c1. The van der Waals surface area contributed by atoms with E-state index >= 15 is 0 Å². The number of carbonyl (C=O) groups is 2. The summed E-state index contributed by atoms with van der Waals surface area (Å²) in [4.78, 5) is 32.0. The lowest BCUT2D eigenvalue weighted by atomic mass is 9.69. The Bertz CT molecular complexity index is 1150. The number of nitrogens with zero attached hydrogens (tertiary/aromatic N) is 3. The van der Waals surface area contributed by atoms with Gasteiger partial charge in [-0.25, -0.2) is 0 Å². The number of likely N-dealkylation sites (tertiary alicyclic amines) is 1. The summed E-state index contributed by atoms with van der Waals surface area (Å²) in [6.07, 6.45) is 7.87. The fourth-order valence-electron chi connectivity index (χ4n) is 5.75. The fraction of sp³-hybridized carbons (Fsp3) is 0.519. The van der Waals surface area contributed by atoms with Gasteiger partial charge in [-0.2, -0.15) is 5.10 Å². The van der Waals surface area contributed by atoms with Crippen LogP contribution in [0.2, 0.25) is 0 Å². The van der Waals surface area contributed by atoms with Gasteiger partial charge in [0, 0.05) is 49.0 Å². The van der Waals surface area contributed by atoms with E-state index in [2.05, 4.69) is 36.9 Å². The number of carbonyl (C=O) groups excluding carboxylic acids is 2. The number of anilines is 1. The molecule has 2 aliphatic heterocycles. The molecular formula is C27H35N5O2. The average molecular weight is 462 g/mol. The van der Waals surface area contributed by atoms with E-state index in [1.807, 2.05) is 18.2 Å². The van der Waals surface area contributed by atoms with Crippen LogP contribution in [0.4, 0.5) is 5.69 Å². The van der Waals surface area contributed by atoms with Gasteiger partial charge in [0.25, 0.3) is 0 Å². The molecular weight excluding hydrogens is 426 g/mol. The summed E-state index contributed by atoms with van der Waals surface area (Å²) in [5.41, 5.74) is 7.64. The highest BCUT2D eigenvalue weighted by molar-refractivity contribution is 6.06. The molecule has 2 amide bonds. The zero-order valence-corrected chi connectivity index (χ0v) is 20.3. The van der Waals surface area contributed by atoms with Crippen molar-refractivity contribution in [1.82, 2.24) is 15.3 Å². The maximum absolute atomic E-state index is 13.0. The number of amides is 2. The Balaban J connectivity index is 1.30. The van der Waals surface area contributed by atoms with Crippen molar-refractivity contribution in [3.63, 3.8) is 0 Å². The number of nitrogens with one attached hydrogen (secondary N) is 2. The van der Waals surface area contributed by atoms with E-state index < -0.39 is 0 Å². The number of benzene rings is 1. The molecule has 1 saturated heterocycles. The van der Waals surface area contributed by atoms with Crippen molar-refractivity contribution in [3.8, 4) is 0 Å². The Labute approximate surface area is 201 Å². The zero-order chi connectivity index (χ0) is 23.9. The van der Waals surface area contributed by atoms with Gasteiger partial charge < -0.3 is 15.3 Å². The van der Waals surface area contributed by atoms with Gasteiger partial charge in [0.05, 0.1) is 23.1 Å². The van der Waals surface area contributed by atoms with Gasteiger partial charge in [0.1, 0.15) is 0 Å². The van der Waals surface area contributed by atoms with E-state index in [0.717, 1.165) is 60.2 Å². The van der Waals surface area contributed by atoms with Crippen molar-refractivity contribution in [1.29, 1.82) is 0 Å². The highest BCUT2D eigenvalue weighted by Crippen LogP contribution is 2.41. The Morgan fingerprint density at radius 3 is 2.97 bits per heavy atom. The molecule has 34 heavy (non-hydrogen) atoms. The van der Waals surface area contributed by atoms with Gasteiger partial charge in [-0.3, -0.25) is 14.5 Å². The number of rotatable bonds is 6. The average Bonchev–Trinajstić information content (AvgIpc) is 3.41. The monoisotopic (exact) mass is 461 g/mol. The van der Waals surface area contributed by atoms with E-state index in [4.69, 9.17) is 5.10 Å². The summed E-state index contributed by atoms with van der Waals surface area (Å²) < 4.78 is 0. The molecule has 7 nitrogen and oxygen atoms in total. The Kier molecular flexibility index (Phi) is 5.96. The first-order chi connectivity index (χ1) is 16.3. The van der Waals surface area contributed by atoms with Gasteiger partial charge in [0.15, 0.2) is 0 Å². The molecule has 0 bridgehead atoms. The van der Waals surface area contributed by atoms with Gasteiger partial charge in [-0.1, -0.05) is 26.5 Å². The summed E-state index contributed by atoms with van der Waals surface area (Å²) in [5.74, 6) is 0.526. The quantitative estimate of drug-likeness (QED) is 0.662. The molecule has 3 aliphatic rings. The molecule has 0 radical (unpaired) electrons. The van der Waals surface area contributed by atoms with Gasteiger partial charge in [-0.15, -0.1) is 0 Å². The van der Waals surface area contributed by atoms with Crippen LogP contribution in [0.25, 0.3) is 10.9 Å². The molecule has 2 atom stereocenters. The van der Waals surface area contributed by atoms with Crippen LogP contribution in [0.3, 0.4) is 0 Å². The predicted molar refractivity (Wildman–Crippen MR) is 136 cm³/mol. The van der Waals surface area contributed by atoms with E-state index in [0.29, 0.717) is 30.3 Å². The van der Waals surface area contributed by atoms with E-state index in [1.54, 1.807) is 16.0 Å². The van der Waals surface area contributed by atoms with Crippen LogP contribution >= 0.6 is 0 Å². The van der Waals surface area contributed by atoms with Crippen LogP contribution in [0.15, 0.2) is 42.1 Å². The number of aromatic amines is 1. The molecule has 2 unspecified atom stereocenters. The molecule has 180 valence electrons. The summed E-state index contributed by atoms with van der Waals surface area (Å²) in [5, 5.41) is 5.80. The van der Waals surface area contributed by atoms with Gasteiger partial charge >= 0.3 is 0 Å². The Morgan fingerprint density at radius 2 is 2.18 bits per heavy atom. The minimum Gasteiger partial charge on any atom is -0.353 e. The maximum atomic E-state index is 13.0. The third-order valence-corrected chi connectivity index (χ3v) is 7.72. The summed E-state index contributed by atoms with van der Waals surface area (Å²) >= 11 is 0. The lowest BCUT2D eigenvalue weighted by Crippen LogP contribution is -2.39. The molecule has 1 saturated carbocycles. The van der Waals surface area contributed by atoms with Crippen LogP contribution in [0.5, 0.6) is 0 Å². The summed E-state index contributed by atoms with van der Waals surface area (Å²) in [6, 6.07) is 8.54. The molecule has 2 N–H and O–H groups in total. The Morgan fingerprint density at radius 1 is 1.32 bits per heavy atom. The number of piperidine rings is 1. The van der Waals surface area contributed by atoms with Crippen LogP contribution in [-0.4, -0.2) is 46.5 Å². The van der Waals surface area contributed by atoms with Crippen molar-refractivity contribution < 1.29 is 9.59 Å². The maximum Gasteiger partial charge on any atom is 0.232 e. The highest BCUT2D eigenvalue weighted by atomic mass is 16.2. The zero-order valence-electron chi connectivity index (χ0n) is 20.3. The van der Waals surface area contributed by atoms with E-state index in [1.165, 1.54) is 6.42 Å². The Hall–Kier alpha value is -3.09. The molecule has 1 aromatic heterocycles. The van der Waals surface area contributed by atoms with Crippen LogP contribution in [-0.2, 0) is 9.59 Å². The molecule has 3 heterocycles. The predicted octanol–water partition coefficient (Wildman–Crippen LogP) is 4.55. The van der Waals surface area contributed by atoms with Crippen molar-refractivity contribution in [2.24, 2.45) is 16.4 Å². The third-order valence-electron chi connectivity index (χ3n) is 7.72. The standard InChI is InChI=1S/C27H35N5O2/c1-4-32(25(34)11-14-31-13-6-5-7-24(31)33)19-9-8-18-15-22(28-21(18)16-19)26-20-10-12-27(2,3)17-23(20)29-30-26/h4,8-9,15-16,20,23,28-29H,1,5-7,10-14,17H2,2-3H3. The summed E-state index contributed by atoms with van der Waals surface area (Å²) in [7, 11) is 0. The van der Waals surface area contributed by atoms with Crippen LogP contribution < -0.4 is 10.3 Å². The second-order valence-corrected chi connectivity index (χ2v) is 10.7. The minimum absolute atomic E-state index is 0.0588. The van der Waals surface area contributed by atoms with Crippen molar-refractivity contribution >= 4 is 34.1 Å². The van der Waals surface area contributed by atoms with Crippen molar-refractivity contribution in [2.45, 2.75) is 64.8 Å². The largest absolute Gasteiger partial charge is 0.353 e. The molecule has 0 spiro atoms. The number of fused-ring (bicyclic) bond motifs is 2. The smallest absolute Gasteiger partial charge is 0.232 e. The van der Waals surface area contributed by atoms with Gasteiger partial charge in [0.2, 0.25) is 11.8 Å². The topological polar surface area (TPSA) is 80.8 Å². The highest BCUT2D eigenvalue weighted by Gasteiger charge is 2.41. The third kappa shape index (κ3) is 4.36. The van der Waals surface area contributed by atoms with Crippen molar-refractivity contribution in [3.05, 3.63) is 42.7 Å². The molecule has 1 aromatic carbocycles. The molecule has 2 fully saturated rings. The van der Waals surface area contributed by atoms with Crippen LogP contribution in [0, 0.1) is 11.3 Å². The molecule has 2 aromatic rings. The number of H-pyrrole nitrogens is 1. The first kappa shape index (κ1) is 22.7. The minimum atomic E-state index is -0.0588. The first-order valence-corrected chi connectivity index (χ1v) is 12.5. The number of hydrogen-bond acceptors (Lipinski definition) is 4. The lowest BCUT2D eigenvalue weighted by molar-refractivity contribution is -0.133. The van der Waals surface area contributed by atoms with Crippen molar-refractivity contribution in [2.75, 3.05) is 18.0 Å². The van der Waals surface area contributed by atoms with E-state index in [-0.39, 0.29) is 18.2 Å². The number of hydrogen-bond donors (Lipinski definition) is 2.